The summed E-state index contributed by atoms with van der Waals surface area (Å²) in [5.74, 6) is -0.800. The van der Waals surface area contributed by atoms with E-state index in [1.807, 2.05) is 0 Å². The lowest BCUT2D eigenvalue weighted by molar-refractivity contribution is 0.0697. The number of carboxylic acid groups (broad SMARTS) is 1. The number of aromatic carboxylic acids is 1. The summed E-state index contributed by atoms with van der Waals surface area (Å²) in [5, 5.41) is 8.46. The zero-order valence-corrected chi connectivity index (χ0v) is 12.8. The van der Waals surface area contributed by atoms with Gasteiger partial charge in [-0.3, -0.25) is 4.72 Å². The van der Waals surface area contributed by atoms with Crippen molar-refractivity contribution in [3.63, 3.8) is 0 Å². The third-order valence-electron chi connectivity index (χ3n) is 2.49. The Labute approximate surface area is 130 Å². The largest absolute Gasteiger partial charge is 0.478 e. The van der Waals surface area contributed by atoms with Gasteiger partial charge in [-0.15, -0.1) is 0 Å². The second kappa shape index (κ2) is 5.55. The zero-order chi connectivity index (χ0) is 15.8. The van der Waals surface area contributed by atoms with Crippen molar-refractivity contribution in [3.8, 4) is 0 Å². The molecule has 2 aromatic rings. The van der Waals surface area contributed by atoms with Gasteiger partial charge in [0.05, 0.1) is 27.5 Å². The number of halogens is 2. The predicted octanol–water partition coefficient (Wildman–Crippen LogP) is 2.52. The first-order valence-corrected chi connectivity index (χ1v) is 7.71. The summed E-state index contributed by atoms with van der Waals surface area (Å²) in [4.78, 5) is 17.2. The van der Waals surface area contributed by atoms with Crippen molar-refractivity contribution in [2.75, 3.05) is 4.72 Å². The number of sulfonamides is 1. The van der Waals surface area contributed by atoms with Gasteiger partial charge >= 0.3 is 5.97 Å². The van der Waals surface area contributed by atoms with Crippen molar-refractivity contribution in [1.82, 2.24) is 9.97 Å². The molecule has 7 nitrogen and oxygen atoms in total. The van der Waals surface area contributed by atoms with Gasteiger partial charge in [0, 0.05) is 0 Å². The van der Waals surface area contributed by atoms with Crippen LogP contribution in [0.15, 0.2) is 23.4 Å². The van der Waals surface area contributed by atoms with Crippen LogP contribution in [-0.2, 0) is 10.0 Å². The first-order chi connectivity index (χ1) is 9.70. The van der Waals surface area contributed by atoms with Crippen LogP contribution in [-0.4, -0.2) is 29.5 Å². The molecule has 0 aliphatic heterocycles. The molecule has 0 bridgehead atoms. The van der Waals surface area contributed by atoms with Gasteiger partial charge in [0.2, 0.25) is 0 Å². The lowest BCUT2D eigenvalue weighted by Crippen LogP contribution is -2.14. The van der Waals surface area contributed by atoms with Crippen LogP contribution >= 0.6 is 23.2 Å². The Kier molecular flexibility index (Phi) is 4.13. The maximum atomic E-state index is 12.1. The maximum absolute atomic E-state index is 12.1. The van der Waals surface area contributed by atoms with Crippen LogP contribution < -0.4 is 4.72 Å². The molecule has 0 spiro atoms. The molecule has 3 N–H and O–H groups in total. The van der Waals surface area contributed by atoms with Gasteiger partial charge in [-0.25, -0.2) is 9.78 Å². The molecule has 10 heteroatoms. The summed E-state index contributed by atoms with van der Waals surface area (Å²) in [6, 6.07) is 2.21. The minimum Gasteiger partial charge on any atom is -0.478 e. The molecule has 0 aliphatic rings. The second-order valence-electron chi connectivity index (χ2n) is 4.06. The minimum absolute atomic E-state index is 0.101. The third-order valence-corrected chi connectivity index (χ3v) is 4.35. The standard InChI is InChI=1S/C11H9Cl2N3O4S/c1-5-14-4-9(15-5)21(19,20)16-10-7(12)2-6(11(17)18)3-8(10)13/h2-4,16H,1H3,(H,14,15)(H,17,18). The van der Waals surface area contributed by atoms with Gasteiger partial charge in [-0.05, 0) is 19.1 Å². The molecular formula is C11H9Cl2N3O4S. The van der Waals surface area contributed by atoms with Gasteiger partial charge in [0.1, 0.15) is 5.82 Å². The van der Waals surface area contributed by atoms with Crippen molar-refractivity contribution < 1.29 is 18.3 Å². The monoisotopic (exact) mass is 349 g/mol. The average Bonchev–Trinajstić information content (AvgIpc) is 2.81. The summed E-state index contributed by atoms with van der Waals surface area (Å²) in [7, 11) is -3.95. The number of nitrogens with zero attached hydrogens (tertiary/aromatic N) is 1. The molecule has 0 radical (unpaired) electrons. The Morgan fingerprint density at radius 1 is 1.33 bits per heavy atom. The topological polar surface area (TPSA) is 112 Å². The van der Waals surface area contributed by atoms with Crippen molar-refractivity contribution >= 4 is 44.9 Å². The van der Waals surface area contributed by atoms with E-state index in [-0.39, 0.29) is 26.3 Å². The molecule has 0 amide bonds. The summed E-state index contributed by atoms with van der Waals surface area (Å²) in [5.41, 5.74) is -0.249. The van der Waals surface area contributed by atoms with Gasteiger partial charge in [-0.2, -0.15) is 8.42 Å². The molecule has 0 aliphatic carbocycles. The Bertz CT molecular complexity index is 794. The zero-order valence-electron chi connectivity index (χ0n) is 10.5. The number of imidazole rings is 1. The number of nitrogens with one attached hydrogen (secondary N) is 2. The van der Waals surface area contributed by atoms with E-state index in [0.717, 1.165) is 18.3 Å². The van der Waals surface area contributed by atoms with Crippen molar-refractivity contribution in [3.05, 3.63) is 39.8 Å². The van der Waals surface area contributed by atoms with Crippen LogP contribution in [0.4, 0.5) is 5.69 Å². The number of rotatable bonds is 4. The molecule has 0 fully saturated rings. The number of benzene rings is 1. The van der Waals surface area contributed by atoms with Crippen LogP contribution in [0.2, 0.25) is 10.0 Å². The summed E-state index contributed by atoms with van der Waals surface area (Å²) in [6.07, 6.45) is 1.14. The Morgan fingerprint density at radius 2 is 1.90 bits per heavy atom. The number of anilines is 1. The van der Waals surface area contributed by atoms with E-state index in [0.29, 0.717) is 5.82 Å². The summed E-state index contributed by atoms with van der Waals surface area (Å²) in [6.45, 7) is 1.60. The summed E-state index contributed by atoms with van der Waals surface area (Å²) >= 11 is 11.8. The molecule has 0 unspecified atom stereocenters. The molecule has 0 atom stereocenters. The van der Waals surface area contributed by atoms with Crippen molar-refractivity contribution in [2.24, 2.45) is 0 Å². The van der Waals surface area contributed by atoms with Gasteiger partial charge in [-0.1, -0.05) is 23.2 Å². The average molecular weight is 350 g/mol. The first-order valence-electron chi connectivity index (χ1n) is 5.47. The molecule has 0 saturated heterocycles. The van der Waals surface area contributed by atoms with E-state index in [2.05, 4.69) is 14.7 Å². The number of carbonyl (C=O) groups is 1. The number of aromatic amines is 1. The van der Waals surface area contributed by atoms with Gasteiger partial charge < -0.3 is 10.1 Å². The molecule has 2 rings (SSSR count). The molecule has 1 aromatic carbocycles. The van der Waals surface area contributed by atoms with E-state index in [1.165, 1.54) is 0 Å². The number of hydrogen-bond donors (Lipinski definition) is 3. The van der Waals surface area contributed by atoms with Gasteiger partial charge in [0.15, 0.2) is 5.03 Å². The highest BCUT2D eigenvalue weighted by atomic mass is 35.5. The third kappa shape index (κ3) is 3.29. The highest BCUT2D eigenvalue weighted by Crippen LogP contribution is 2.33. The van der Waals surface area contributed by atoms with E-state index < -0.39 is 16.0 Å². The normalized spacial score (nSPS) is 11.4. The minimum atomic E-state index is -3.95. The SMILES string of the molecule is Cc1ncc(S(=O)(=O)Nc2c(Cl)cc(C(=O)O)cc2Cl)[nH]1. The quantitative estimate of drug-likeness (QED) is 0.784. The molecule has 21 heavy (non-hydrogen) atoms. The van der Waals surface area contributed by atoms with Crippen molar-refractivity contribution in [1.29, 1.82) is 0 Å². The fourth-order valence-corrected chi connectivity index (χ4v) is 3.28. The van der Waals surface area contributed by atoms with Crippen LogP contribution in [0.5, 0.6) is 0 Å². The van der Waals surface area contributed by atoms with E-state index >= 15 is 0 Å². The van der Waals surface area contributed by atoms with Gasteiger partial charge in [0.25, 0.3) is 10.0 Å². The fraction of sp³-hybridized carbons (Fsp3) is 0.0909. The molecule has 112 valence electrons. The van der Waals surface area contributed by atoms with E-state index in [1.54, 1.807) is 6.92 Å². The number of carboxylic acids is 1. The van der Waals surface area contributed by atoms with Crippen LogP contribution in [0.3, 0.4) is 0 Å². The Morgan fingerprint density at radius 3 is 2.33 bits per heavy atom. The molecule has 1 heterocycles. The number of H-pyrrole nitrogens is 1. The number of aryl methyl sites for hydroxylation is 1. The number of hydrogen-bond acceptors (Lipinski definition) is 4. The Balaban J connectivity index is 2.42. The molecule has 1 aromatic heterocycles. The highest BCUT2D eigenvalue weighted by Gasteiger charge is 2.21. The van der Waals surface area contributed by atoms with Crippen molar-refractivity contribution in [2.45, 2.75) is 11.9 Å². The Hall–Kier alpha value is -1.77. The number of aromatic nitrogens is 2. The van der Waals surface area contributed by atoms with E-state index in [9.17, 15) is 13.2 Å². The van der Waals surface area contributed by atoms with Crippen LogP contribution in [0.1, 0.15) is 16.2 Å². The molecular weight excluding hydrogens is 341 g/mol. The second-order valence-corrected chi connectivity index (χ2v) is 6.52. The first kappa shape index (κ1) is 15.6. The van der Waals surface area contributed by atoms with Crippen LogP contribution in [0.25, 0.3) is 0 Å². The smallest absolute Gasteiger partial charge is 0.335 e. The lowest BCUT2D eigenvalue weighted by atomic mass is 10.2. The highest BCUT2D eigenvalue weighted by molar-refractivity contribution is 7.92. The molecule has 0 saturated carbocycles. The van der Waals surface area contributed by atoms with E-state index in [4.69, 9.17) is 28.3 Å². The lowest BCUT2D eigenvalue weighted by Gasteiger charge is -2.11. The maximum Gasteiger partial charge on any atom is 0.335 e. The van der Waals surface area contributed by atoms with Crippen LogP contribution in [0, 0.1) is 6.92 Å². The predicted molar refractivity (Wildman–Crippen MR) is 77.6 cm³/mol. The summed E-state index contributed by atoms with van der Waals surface area (Å²) < 4.78 is 26.4. The fourth-order valence-electron chi connectivity index (χ4n) is 1.52.